The van der Waals surface area contributed by atoms with Crippen molar-refractivity contribution in [2.45, 2.75) is 39.0 Å². The summed E-state index contributed by atoms with van der Waals surface area (Å²) in [6.07, 6.45) is -0.677. The van der Waals surface area contributed by atoms with Crippen LogP contribution in [0.4, 0.5) is 10.5 Å². The number of amides is 1. The number of thiocarbonyl (C=S) groups is 1. The highest BCUT2D eigenvalue weighted by molar-refractivity contribution is 7.80. The standard InChI is InChI=1S/C21H23N5O5S/c1-21(2,3)31-20(27)22-17(13-30-12-14-7-5-4-6-8-14)19(32)25-18-11-15(26(28)29)9-10-16(18)23-24-25/h4-11,17H,12-13H2,1-3H3,(H,22,27)/t17-/m1/s1. The average molecular weight is 458 g/mol. The number of rotatable bonds is 7. The van der Waals surface area contributed by atoms with E-state index in [1.165, 1.54) is 22.9 Å². The molecule has 1 aromatic heterocycles. The Morgan fingerprint density at radius 3 is 2.62 bits per heavy atom. The van der Waals surface area contributed by atoms with Crippen molar-refractivity contribution in [2.75, 3.05) is 6.61 Å². The minimum absolute atomic E-state index is 0.0310. The molecule has 0 aliphatic rings. The van der Waals surface area contributed by atoms with Crippen molar-refractivity contribution in [1.82, 2.24) is 20.3 Å². The highest BCUT2D eigenvalue weighted by Crippen LogP contribution is 2.19. The lowest BCUT2D eigenvalue weighted by molar-refractivity contribution is -0.384. The van der Waals surface area contributed by atoms with Crippen LogP contribution in [-0.4, -0.2) is 49.2 Å². The molecule has 0 unspecified atom stereocenters. The molecule has 2 aromatic carbocycles. The Morgan fingerprint density at radius 1 is 1.25 bits per heavy atom. The average Bonchev–Trinajstić information content (AvgIpc) is 3.15. The lowest BCUT2D eigenvalue weighted by Gasteiger charge is -2.24. The normalized spacial score (nSPS) is 12.3. The molecule has 1 N–H and O–H groups in total. The summed E-state index contributed by atoms with van der Waals surface area (Å²) in [5.41, 5.74) is 0.904. The largest absolute Gasteiger partial charge is 0.444 e. The number of hydrogen-bond donors (Lipinski definition) is 1. The van der Waals surface area contributed by atoms with Gasteiger partial charge in [-0.3, -0.25) is 10.1 Å². The lowest BCUT2D eigenvalue weighted by Crippen LogP contribution is -2.47. The topological polar surface area (TPSA) is 121 Å². The van der Waals surface area contributed by atoms with Crippen LogP contribution in [0.1, 0.15) is 26.3 Å². The number of aromatic nitrogens is 3. The van der Waals surface area contributed by atoms with Crippen molar-refractivity contribution in [2.24, 2.45) is 0 Å². The Bertz CT molecular complexity index is 1130. The molecular formula is C21H23N5O5S. The minimum Gasteiger partial charge on any atom is -0.444 e. The Balaban J connectivity index is 1.83. The smallest absolute Gasteiger partial charge is 0.408 e. The number of nitro groups is 1. The van der Waals surface area contributed by atoms with E-state index in [1.807, 2.05) is 30.3 Å². The minimum atomic E-state index is -0.798. The predicted molar refractivity (Wildman–Crippen MR) is 121 cm³/mol. The summed E-state index contributed by atoms with van der Waals surface area (Å²) >= 11 is 5.56. The van der Waals surface area contributed by atoms with Crippen LogP contribution in [0.15, 0.2) is 48.5 Å². The fourth-order valence-corrected chi connectivity index (χ4v) is 3.09. The molecular weight excluding hydrogens is 434 g/mol. The Hall–Kier alpha value is -3.44. The molecule has 168 valence electrons. The number of ether oxygens (including phenoxy) is 2. The van der Waals surface area contributed by atoms with Crippen LogP contribution in [0.25, 0.3) is 11.0 Å². The summed E-state index contributed by atoms with van der Waals surface area (Å²) < 4.78 is 12.4. The third-order valence-corrected chi connectivity index (χ3v) is 4.69. The summed E-state index contributed by atoms with van der Waals surface area (Å²) in [7, 11) is 0. The monoisotopic (exact) mass is 457 g/mol. The second-order valence-corrected chi connectivity index (χ2v) is 8.39. The second-order valence-electron chi connectivity index (χ2n) is 7.97. The number of carbonyl (C=O) groups excluding carboxylic acids is 1. The van der Waals surface area contributed by atoms with Crippen LogP contribution in [0.5, 0.6) is 0 Å². The molecule has 10 nitrogen and oxygen atoms in total. The second kappa shape index (κ2) is 9.79. The van der Waals surface area contributed by atoms with Crippen LogP contribution < -0.4 is 5.32 Å². The third-order valence-electron chi connectivity index (χ3n) is 4.23. The zero-order chi connectivity index (χ0) is 23.3. The molecule has 0 radical (unpaired) electrons. The van der Waals surface area contributed by atoms with E-state index < -0.39 is 22.7 Å². The first-order valence-corrected chi connectivity index (χ1v) is 10.2. The quantitative estimate of drug-likeness (QED) is 0.324. The summed E-state index contributed by atoms with van der Waals surface area (Å²) in [6, 6.07) is 12.9. The highest BCUT2D eigenvalue weighted by Gasteiger charge is 2.25. The first-order chi connectivity index (χ1) is 15.1. The maximum atomic E-state index is 12.4. The highest BCUT2D eigenvalue weighted by atomic mass is 32.1. The molecule has 0 aliphatic heterocycles. The SMILES string of the molecule is CC(C)(C)OC(=O)N[C@H](COCc1ccccc1)C(=S)n1nnc2ccc([N+](=O)[O-])cc21. The molecule has 11 heteroatoms. The van der Waals surface area contributed by atoms with Gasteiger partial charge >= 0.3 is 6.09 Å². The van der Waals surface area contributed by atoms with Gasteiger partial charge in [0.2, 0.25) is 0 Å². The predicted octanol–water partition coefficient (Wildman–Crippen LogP) is 3.63. The molecule has 32 heavy (non-hydrogen) atoms. The van der Waals surface area contributed by atoms with E-state index in [-0.39, 0.29) is 17.3 Å². The summed E-state index contributed by atoms with van der Waals surface area (Å²) in [4.78, 5) is 23.2. The van der Waals surface area contributed by atoms with Crippen molar-refractivity contribution < 1.29 is 19.2 Å². The number of nitrogens with one attached hydrogen (secondary N) is 1. The van der Waals surface area contributed by atoms with Crippen molar-refractivity contribution in [1.29, 1.82) is 0 Å². The fourth-order valence-electron chi connectivity index (χ4n) is 2.82. The van der Waals surface area contributed by atoms with Gasteiger partial charge in [-0.2, -0.15) is 0 Å². The van der Waals surface area contributed by atoms with Gasteiger partial charge in [-0.25, -0.2) is 9.48 Å². The van der Waals surface area contributed by atoms with Crippen LogP contribution in [0.3, 0.4) is 0 Å². The molecule has 0 aliphatic carbocycles. The molecule has 1 heterocycles. The number of nitro benzene ring substituents is 1. The zero-order valence-corrected chi connectivity index (χ0v) is 18.7. The summed E-state index contributed by atoms with van der Waals surface area (Å²) in [5.74, 6) is 0. The number of nitrogens with zero attached hydrogens (tertiary/aromatic N) is 4. The molecule has 0 spiro atoms. The number of fused-ring (bicyclic) bond motifs is 1. The Kier molecular flexibility index (Phi) is 7.11. The van der Waals surface area contributed by atoms with Crippen molar-refractivity contribution in [3.63, 3.8) is 0 Å². The van der Waals surface area contributed by atoms with Gasteiger partial charge in [0.15, 0.2) is 0 Å². The van der Waals surface area contributed by atoms with Gasteiger partial charge in [0.25, 0.3) is 5.69 Å². The van der Waals surface area contributed by atoms with Crippen molar-refractivity contribution in [3.8, 4) is 0 Å². The molecule has 0 fully saturated rings. The summed E-state index contributed by atoms with van der Waals surface area (Å²) in [5, 5.41) is 21.9. The number of alkyl carbamates (subject to hydrolysis) is 1. The van der Waals surface area contributed by atoms with Crippen LogP contribution >= 0.6 is 12.2 Å². The van der Waals surface area contributed by atoms with Gasteiger partial charge in [0.05, 0.1) is 18.1 Å². The Morgan fingerprint density at radius 2 is 1.97 bits per heavy atom. The van der Waals surface area contributed by atoms with Crippen LogP contribution in [-0.2, 0) is 16.1 Å². The first kappa shape index (κ1) is 23.2. The van der Waals surface area contributed by atoms with E-state index in [0.29, 0.717) is 17.6 Å². The molecule has 1 amide bonds. The maximum absolute atomic E-state index is 12.4. The number of non-ortho nitro benzene ring substituents is 1. The molecule has 1 atom stereocenters. The first-order valence-electron chi connectivity index (χ1n) is 9.79. The van der Waals surface area contributed by atoms with E-state index in [1.54, 1.807) is 20.8 Å². The van der Waals surface area contributed by atoms with Gasteiger partial charge < -0.3 is 14.8 Å². The molecule has 0 saturated heterocycles. The zero-order valence-electron chi connectivity index (χ0n) is 17.8. The van der Waals surface area contributed by atoms with Gasteiger partial charge in [0.1, 0.15) is 27.7 Å². The number of hydrogen-bond acceptors (Lipinski definition) is 8. The van der Waals surface area contributed by atoms with Gasteiger partial charge in [0, 0.05) is 12.1 Å². The maximum Gasteiger partial charge on any atom is 0.408 e. The van der Waals surface area contributed by atoms with E-state index in [0.717, 1.165) is 5.56 Å². The Labute approximate surface area is 189 Å². The number of carbonyl (C=O) groups is 1. The van der Waals surface area contributed by atoms with Crippen molar-refractivity contribution >= 4 is 40.0 Å². The van der Waals surface area contributed by atoms with Crippen LogP contribution in [0.2, 0.25) is 0 Å². The van der Waals surface area contributed by atoms with E-state index in [2.05, 4.69) is 15.6 Å². The van der Waals surface area contributed by atoms with Gasteiger partial charge in [-0.1, -0.05) is 47.8 Å². The summed E-state index contributed by atoms with van der Waals surface area (Å²) in [6.45, 7) is 5.57. The van der Waals surface area contributed by atoms with Crippen molar-refractivity contribution in [3.05, 3.63) is 64.2 Å². The molecule has 0 saturated carbocycles. The van der Waals surface area contributed by atoms with E-state index in [4.69, 9.17) is 21.7 Å². The lowest BCUT2D eigenvalue weighted by atomic mass is 10.2. The van der Waals surface area contributed by atoms with E-state index in [9.17, 15) is 14.9 Å². The fraction of sp³-hybridized carbons (Fsp3) is 0.333. The molecule has 0 bridgehead atoms. The van der Waals surface area contributed by atoms with Gasteiger partial charge in [-0.05, 0) is 32.4 Å². The molecule has 3 aromatic rings. The van der Waals surface area contributed by atoms with E-state index >= 15 is 0 Å². The number of benzene rings is 2. The molecule has 3 rings (SSSR count). The van der Waals surface area contributed by atoms with Gasteiger partial charge in [-0.15, -0.1) is 5.10 Å². The third kappa shape index (κ3) is 6.05. The van der Waals surface area contributed by atoms with Crippen LogP contribution in [0, 0.1) is 10.1 Å².